The van der Waals surface area contributed by atoms with Gasteiger partial charge in [-0.25, -0.2) is 0 Å². The summed E-state index contributed by atoms with van der Waals surface area (Å²) in [5.74, 6) is -0.144. The molecule has 4 rings (SSSR count). The standard InChI is InChI=1S/C28H27N3O3/c1-5-25(33)29-23-14-12-21(13-15-23)26-27(22-10-6-18(2)7-11-22)30-31(28(26)34-20(4)32)24-16-8-19(3)9-17-24/h6-17H,5H2,1-4H3,(H,29,33). The molecule has 0 radical (unpaired) electrons. The summed E-state index contributed by atoms with van der Waals surface area (Å²) >= 11 is 0. The van der Waals surface area contributed by atoms with Crippen LogP contribution in [0.5, 0.6) is 5.88 Å². The molecular formula is C28H27N3O3. The van der Waals surface area contributed by atoms with E-state index in [-0.39, 0.29) is 5.91 Å². The van der Waals surface area contributed by atoms with Crippen molar-refractivity contribution in [2.75, 3.05) is 5.32 Å². The highest BCUT2D eigenvalue weighted by molar-refractivity contribution is 5.92. The van der Waals surface area contributed by atoms with Gasteiger partial charge in [-0.3, -0.25) is 9.59 Å². The first-order valence-corrected chi connectivity index (χ1v) is 11.2. The number of aromatic nitrogens is 2. The summed E-state index contributed by atoms with van der Waals surface area (Å²) in [6.45, 7) is 7.23. The number of nitrogens with zero attached hydrogens (tertiary/aromatic N) is 2. The Hall–Kier alpha value is -4.19. The second-order valence-electron chi connectivity index (χ2n) is 8.21. The van der Waals surface area contributed by atoms with Gasteiger partial charge in [0.15, 0.2) is 0 Å². The van der Waals surface area contributed by atoms with E-state index in [0.717, 1.165) is 27.9 Å². The van der Waals surface area contributed by atoms with E-state index in [0.29, 0.717) is 29.2 Å². The molecule has 0 aliphatic carbocycles. The minimum absolute atomic E-state index is 0.0547. The predicted molar refractivity (Wildman–Crippen MR) is 134 cm³/mol. The van der Waals surface area contributed by atoms with Crippen molar-refractivity contribution in [3.63, 3.8) is 0 Å². The van der Waals surface area contributed by atoms with Gasteiger partial charge in [0.25, 0.3) is 0 Å². The smallest absolute Gasteiger partial charge is 0.309 e. The number of nitrogens with one attached hydrogen (secondary N) is 1. The lowest BCUT2D eigenvalue weighted by atomic mass is 10.00. The summed E-state index contributed by atoms with van der Waals surface area (Å²) < 4.78 is 7.41. The van der Waals surface area contributed by atoms with Gasteiger partial charge in [0.05, 0.1) is 11.3 Å². The molecule has 1 N–H and O–H groups in total. The SMILES string of the molecule is CCC(=O)Nc1ccc(-c2c(-c3ccc(C)cc3)nn(-c3ccc(C)cc3)c2OC(C)=O)cc1. The van der Waals surface area contributed by atoms with Crippen LogP contribution >= 0.6 is 0 Å². The number of rotatable bonds is 6. The van der Waals surface area contributed by atoms with Gasteiger partial charge in [-0.1, -0.05) is 66.6 Å². The maximum absolute atomic E-state index is 12.1. The van der Waals surface area contributed by atoms with Crippen molar-refractivity contribution >= 4 is 17.6 Å². The highest BCUT2D eigenvalue weighted by atomic mass is 16.5. The van der Waals surface area contributed by atoms with Crippen LogP contribution < -0.4 is 10.1 Å². The lowest BCUT2D eigenvalue weighted by Crippen LogP contribution is -2.09. The molecule has 0 saturated heterocycles. The molecule has 0 aliphatic rings. The molecule has 0 atom stereocenters. The van der Waals surface area contributed by atoms with E-state index in [9.17, 15) is 9.59 Å². The predicted octanol–water partition coefficient (Wildman–Crippen LogP) is 6.10. The number of esters is 1. The molecule has 6 heteroatoms. The normalized spacial score (nSPS) is 10.7. The number of benzene rings is 3. The summed E-state index contributed by atoms with van der Waals surface area (Å²) in [7, 11) is 0. The molecule has 172 valence electrons. The van der Waals surface area contributed by atoms with Crippen LogP contribution in [0, 0.1) is 13.8 Å². The maximum Gasteiger partial charge on any atom is 0.309 e. The minimum atomic E-state index is -0.434. The molecule has 0 aliphatic heterocycles. The highest BCUT2D eigenvalue weighted by Crippen LogP contribution is 2.41. The number of hydrogen-bond donors (Lipinski definition) is 1. The summed E-state index contributed by atoms with van der Waals surface area (Å²) in [5.41, 5.74) is 6.87. The maximum atomic E-state index is 12.1. The number of ether oxygens (including phenoxy) is 1. The van der Waals surface area contributed by atoms with Gasteiger partial charge in [-0.2, -0.15) is 9.78 Å². The minimum Gasteiger partial charge on any atom is -0.407 e. The molecule has 0 unspecified atom stereocenters. The van der Waals surface area contributed by atoms with Gasteiger partial charge in [-0.05, 0) is 43.7 Å². The first-order chi connectivity index (χ1) is 16.4. The van der Waals surface area contributed by atoms with Crippen LogP contribution in [0.1, 0.15) is 31.4 Å². The molecule has 1 heterocycles. The van der Waals surface area contributed by atoms with E-state index < -0.39 is 5.97 Å². The molecule has 4 aromatic rings. The van der Waals surface area contributed by atoms with Crippen molar-refractivity contribution < 1.29 is 14.3 Å². The van der Waals surface area contributed by atoms with Gasteiger partial charge in [0.2, 0.25) is 11.8 Å². The van der Waals surface area contributed by atoms with Crippen molar-refractivity contribution in [3.05, 3.63) is 83.9 Å². The quantitative estimate of drug-likeness (QED) is 0.358. The van der Waals surface area contributed by atoms with Gasteiger partial charge in [0, 0.05) is 24.6 Å². The zero-order valence-corrected chi connectivity index (χ0v) is 19.8. The number of anilines is 1. The number of aryl methyl sites for hydroxylation is 2. The molecule has 0 spiro atoms. The number of carbonyl (C=O) groups is 2. The lowest BCUT2D eigenvalue weighted by Gasteiger charge is -2.10. The van der Waals surface area contributed by atoms with Crippen LogP contribution in [0.4, 0.5) is 5.69 Å². The van der Waals surface area contributed by atoms with E-state index in [1.54, 1.807) is 4.68 Å². The Kier molecular flexibility index (Phi) is 6.59. The Morgan fingerprint density at radius 3 is 1.97 bits per heavy atom. The fourth-order valence-corrected chi connectivity index (χ4v) is 3.64. The van der Waals surface area contributed by atoms with Gasteiger partial charge in [-0.15, -0.1) is 0 Å². The Balaban J connectivity index is 1.93. The Bertz CT molecular complexity index is 1320. The average molecular weight is 454 g/mol. The first kappa shape index (κ1) is 23.0. The Labute approximate surface area is 199 Å². The molecule has 0 bridgehead atoms. The fourth-order valence-electron chi connectivity index (χ4n) is 3.64. The summed E-state index contributed by atoms with van der Waals surface area (Å²) in [4.78, 5) is 23.9. The Morgan fingerprint density at radius 2 is 1.41 bits per heavy atom. The fraction of sp³-hybridized carbons (Fsp3) is 0.179. The van der Waals surface area contributed by atoms with Crippen molar-refractivity contribution in [1.29, 1.82) is 0 Å². The lowest BCUT2D eigenvalue weighted by molar-refractivity contribution is -0.132. The third-order valence-electron chi connectivity index (χ3n) is 5.47. The van der Waals surface area contributed by atoms with E-state index in [4.69, 9.17) is 9.84 Å². The Morgan fingerprint density at radius 1 is 0.853 bits per heavy atom. The van der Waals surface area contributed by atoms with E-state index >= 15 is 0 Å². The molecule has 6 nitrogen and oxygen atoms in total. The second-order valence-corrected chi connectivity index (χ2v) is 8.21. The molecule has 0 fully saturated rings. The van der Waals surface area contributed by atoms with Crippen LogP contribution in [0.3, 0.4) is 0 Å². The third-order valence-corrected chi connectivity index (χ3v) is 5.47. The molecule has 34 heavy (non-hydrogen) atoms. The zero-order chi connectivity index (χ0) is 24.2. The summed E-state index contributed by atoms with van der Waals surface area (Å²) in [6.07, 6.45) is 0.402. The van der Waals surface area contributed by atoms with Crippen LogP contribution in [0.15, 0.2) is 72.8 Å². The van der Waals surface area contributed by atoms with Gasteiger partial charge < -0.3 is 10.1 Å². The number of hydrogen-bond acceptors (Lipinski definition) is 4. The van der Waals surface area contributed by atoms with Crippen LogP contribution in [0.25, 0.3) is 28.1 Å². The molecule has 3 aromatic carbocycles. The molecule has 1 amide bonds. The van der Waals surface area contributed by atoms with Gasteiger partial charge in [0.1, 0.15) is 5.69 Å². The second kappa shape index (κ2) is 9.75. The molecular weight excluding hydrogens is 426 g/mol. The molecule has 1 aromatic heterocycles. The zero-order valence-electron chi connectivity index (χ0n) is 19.8. The number of amides is 1. The van der Waals surface area contributed by atoms with Crippen molar-refractivity contribution in [2.45, 2.75) is 34.1 Å². The van der Waals surface area contributed by atoms with Crippen LogP contribution in [-0.2, 0) is 9.59 Å². The topological polar surface area (TPSA) is 73.2 Å². The van der Waals surface area contributed by atoms with Crippen LogP contribution in [-0.4, -0.2) is 21.7 Å². The van der Waals surface area contributed by atoms with Crippen molar-refractivity contribution in [2.24, 2.45) is 0 Å². The third kappa shape index (κ3) is 4.91. The van der Waals surface area contributed by atoms with Crippen molar-refractivity contribution in [3.8, 4) is 34.0 Å². The summed E-state index contributed by atoms with van der Waals surface area (Å²) in [5, 5.41) is 7.75. The van der Waals surface area contributed by atoms with Gasteiger partial charge >= 0.3 is 5.97 Å². The average Bonchev–Trinajstić information content (AvgIpc) is 3.19. The largest absolute Gasteiger partial charge is 0.407 e. The monoisotopic (exact) mass is 453 g/mol. The summed E-state index contributed by atoms with van der Waals surface area (Å²) in [6, 6.07) is 23.4. The van der Waals surface area contributed by atoms with Crippen LogP contribution in [0.2, 0.25) is 0 Å². The number of carbonyl (C=O) groups excluding carboxylic acids is 2. The highest BCUT2D eigenvalue weighted by Gasteiger charge is 2.24. The first-order valence-electron chi connectivity index (χ1n) is 11.2. The van der Waals surface area contributed by atoms with E-state index in [1.807, 2.05) is 93.6 Å². The van der Waals surface area contributed by atoms with E-state index in [1.165, 1.54) is 6.92 Å². The molecule has 0 saturated carbocycles. The van der Waals surface area contributed by atoms with Crippen molar-refractivity contribution in [1.82, 2.24) is 9.78 Å². The van der Waals surface area contributed by atoms with E-state index in [2.05, 4.69) is 5.32 Å².